The topological polar surface area (TPSA) is 95.3 Å². The minimum atomic E-state index is -3.25. The molecule has 10 heteroatoms. The van der Waals surface area contributed by atoms with Gasteiger partial charge in [0.2, 0.25) is 0 Å². The number of hydrogen-bond acceptors (Lipinski definition) is 7. The van der Waals surface area contributed by atoms with Crippen LogP contribution < -0.4 is 5.69 Å². The van der Waals surface area contributed by atoms with E-state index in [4.69, 9.17) is 13.8 Å². The van der Waals surface area contributed by atoms with Gasteiger partial charge in [-0.1, -0.05) is 12.2 Å². The van der Waals surface area contributed by atoms with Gasteiger partial charge in [-0.25, -0.2) is 9.79 Å². The minimum absolute atomic E-state index is 0.123. The van der Waals surface area contributed by atoms with Crippen molar-refractivity contribution in [1.29, 1.82) is 0 Å². The van der Waals surface area contributed by atoms with Crippen molar-refractivity contribution in [2.75, 3.05) is 33.7 Å². The van der Waals surface area contributed by atoms with Crippen LogP contribution in [0.1, 0.15) is 26.3 Å². The van der Waals surface area contributed by atoms with E-state index >= 15 is 0 Å². The van der Waals surface area contributed by atoms with Crippen LogP contribution >= 0.6 is 7.60 Å². The zero-order valence-corrected chi connectivity index (χ0v) is 17.0. The summed E-state index contributed by atoms with van der Waals surface area (Å²) in [7, 11) is 0.423. The molecule has 9 nitrogen and oxygen atoms in total. The predicted molar refractivity (Wildman–Crippen MR) is 104 cm³/mol. The largest absolute Gasteiger partial charge is 0.369 e. The van der Waals surface area contributed by atoms with Crippen LogP contribution in [0, 0.1) is 0 Å². The van der Waals surface area contributed by atoms with Gasteiger partial charge in [0.25, 0.3) is 0 Å². The van der Waals surface area contributed by atoms with E-state index in [2.05, 4.69) is 9.98 Å². The van der Waals surface area contributed by atoms with Crippen molar-refractivity contribution in [2.24, 2.45) is 4.99 Å². The summed E-state index contributed by atoms with van der Waals surface area (Å²) in [6.07, 6.45) is 7.12. The van der Waals surface area contributed by atoms with Crippen molar-refractivity contribution in [2.45, 2.75) is 32.4 Å². The lowest BCUT2D eigenvalue weighted by atomic mass is 10.2. The normalized spacial score (nSPS) is 19.9. The number of hydrogen-bond donors (Lipinski definition) is 0. The molecule has 0 saturated carbocycles. The van der Waals surface area contributed by atoms with Gasteiger partial charge in [-0.2, -0.15) is 4.98 Å². The number of aliphatic imine (C=N–C) groups is 1. The van der Waals surface area contributed by atoms with Gasteiger partial charge in [0.15, 0.2) is 5.82 Å². The van der Waals surface area contributed by atoms with Gasteiger partial charge in [0.1, 0.15) is 6.35 Å². The van der Waals surface area contributed by atoms with E-state index in [1.165, 1.54) is 4.57 Å². The summed E-state index contributed by atoms with van der Waals surface area (Å²) in [6, 6.07) is 1.50. The second kappa shape index (κ2) is 9.94. The number of allylic oxidation sites excluding steroid dienone is 1. The van der Waals surface area contributed by atoms with Crippen LogP contribution in [-0.4, -0.2) is 60.6 Å². The van der Waals surface area contributed by atoms with Crippen molar-refractivity contribution in [3.8, 4) is 0 Å². The van der Waals surface area contributed by atoms with Gasteiger partial charge < -0.3 is 18.7 Å². The van der Waals surface area contributed by atoms with Crippen LogP contribution in [-0.2, 0) is 18.3 Å². The Morgan fingerprint density at radius 1 is 1.33 bits per heavy atom. The Morgan fingerprint density at radius 3 is 2.63 bits per heavy atom. The Labute approximate surface area is 159 Å². The number of rotatable bonds is 10. The molecule has 1 aromatic rings. The van der Waals surface area contributed by atoms with Crippen LogP contribution in [0.25, 0.3) is 0 Å². The molecule has 27 heavy (non-hydrogen) atoms. The Kier molecular flexibility index (Phi) is 7.91. The molecule has 0 amide bonds. The second-order valence-electron chi connectivity index (χ2n) is 6.15. The molecule has 0 N–H and O–H groups in total. The highest BCUT2D eigenvalue weighted by Crippen LogP contribution is 2.48. The van der Waals surface area contributed by atoms with E-state index in [-0.39, 0.29) is 37.4 Å². The summed E-state index contributed by atoms with van der Waals surface area (Å²) in [5.41, 5.74) is -0.381. The molecule has 1 heterocycles. The third-order valence-electron chi connectivity index (χ3n) is 3.71. The number of nitrogens with zero attached hydrogens (tertiary/aromatic N) is 4. The molecule has 1 aliphatic carbocycles. The van der Waals surface area contributed by atoms with Gasteiger partial charge in [0, 0.05) is 26.7 Å². The summed E-state index contributed by atoms with van der Waals surface area (Å²) in [5, 5.41) is 0. The fourth-order valence-corrected chi connectivity index (χ4v) is 3.96. The molecule has 0 spiro atoms. The molecule has 150 valence electrons. The zero-order chi connectivity index (χ0) is 19.9. The van der Waals surface area contributed by atoms with Crippen LogP contribution in [0.4, 0.5) is 5.82 Å². The fourth-order valence-electron chi connectivity index (χ4n) is 2.57. The van der Waals surface area contributed by atoms with E-state index in [1.807, 2.05) is 26.2 Å². The van der Waals surface area contributed by atoms with Gasteiger partial charge in [-0.3, -0.25) is 9.13 Å². The van der Waals surface area contributed by atoms with Crippen molar-refractivity contribution in [3.63, 3.8) is 0 Å². The fraction of sp³-hybridized carbons (Fsp3) is 0.588. The summed E-state index contributed by atoms with van der Waals surface area (Å²) < 4.78 is 30.1. The first-order valence-electron chi connectivity index (χ1n) is 8.84. The van der Waals surface area contributed by atoms with Gasteiger partial charge in [0.05, 0.1) is 31.7 Å². The first-order valence-corrected chi connectivity index (χ1v) is 10.6. The molecule has 2 rings (SSSR count). The van der Waals surface area contributed by atoms with E-state index < -0.39 is 7.60 Å². The SMILES string of the molecule is CCOP(=O)(COC1C=CC(n2ccc(N=CN(C)C)nc2=O)C1)OCC. The summed E-state index contributed by atoms with van der Waals surface area (Å²) >= 11 is 0. The molecule has 0 radical (unpaired) electrons. The molecule has 0 bridgehead atoms. The van der Waals surface area contributed by atoms with E-state index in [1.54, 1.807) is 37.3 Å². The maximum Gasteiger partial charge on any atom is 0.356 e. The first-order chi connectivity index (χ1) is 12.9. The lowest BCUT2D eigenvalue weighted by Crippen LogP contribution is -2.26. The molecule has 2 unspecified atom stereocenters. The molecule has 0 aromatic carbocycles. The zero-order valence-electron chi connectivity index (χ0n) is 16.1. The number of aromatic nitrogens is 2. The monoisotopic (exact) mass is 398 g/mol. The molecule has 1 aromatic heterocycles. The lowest BCUT2D eigenvalue weighted by molar-refractivity contribution is 0.0893. The van der Waals surface area contributed by atoms with E-state index in [0.29, 0.717) is 12.2 Å². The van der Waals surface area contributed by atoms with Gasteiger partial charge in [-0.15, -0.1) is 0 Å². The molecular weight excluding hydrogens is 371 g/mol. The minimum Gasteiger partial charge on any atom is -0.369 e. The molecule has 0 fully saturated rings. The van der Waals surface area contributed by atoms with Crippen LogP contribution in [0.5, 0.6) is 0 Å². The van der Waals surface area contributed by atoms with Crippen molar-refractivity contribution >= 4 is 19.8 Å². The molecule has 0 aliphatic heterocycles. The van der Waals surface area contributed by atoms with Gasteiger partial charge >= 0.3 is 13.3 Å². The van der Waals surface area contributed by atoms with E-state index in [0.717, 1.165) is 0 Å². The maximum atomic E-state index is 12.4. The Hall–Kier alpha value is -1.80. The quantitative estimate of drug-likeness (QED) is 0.259. The molecule has 2 atom stereocenters. The van der Waals surface area contributed by atoms with Crippen LogP contribution in [0.2, 0.25) is 0 Å². The maximum absolute atomic E-state index is 12.4. The van der Waals surface area contributed by atoms with Crippen molar-refractivity contribution < 1.29 is 18.3 Å². The summed E-state index contributed by atoms with van der Waals surface area (Å²) in [4.78, 5) is 22.1. The predicted octanol–water partition coefficient (Wildman–Crippen LogP) is 2.57. The summed E-state index contributed by atoms with van der Waals surface area (Å²) in [5.74, 6) is 0.356. The molecular formula is C17H27N4O5P. The second-order valence-corrected chi connectivity index (χ2v) is 8.15. The summed E-state index contributed by atoms with van der Waals surface area (Å²) in [6.45, 7) is 4.08. The third-order valence-corrected chi connectivity index (χ3v) is 5.48. The van der Waals surface area contributed by atoms with Crippen LogP contribution in [0.3, 0.4) is 0 Å². The molecule has 1 aliphatic rings. The smallest absolute Gasteiger partial charge is 0.356 e. The number of ether oxygens (including phenoxy) is 1. The third kappa shape index (κ3) is 6.39. The standard InChI is InChI=1S/C17H27N4O5P/c1-5-25-27(23,26-6-2)13-24-15-8-7-14(11-15)21-10-9-16(19-17(21)22)18-12-20(3)4/h7-10,12,14-15H,5-6,11,13H2,1-4H3. The average Bonchev–Trinajstić information content (AvgIpc) is 3.07. The Balaban J connectivity index is 1.97. The van der Waals surface area contributed by atoms with E-state index in [9.17, 15) is 9.36 Å². The first kappa shape index (κ1) is 21.5. The van der Waals surface area contributed by atoms with Crippen LogP contribution in [0.15, 0.2) is 34.2 Å². The van der Waals surface area contributed by atoms with Gasteiger partial charge in [-0.05, 0) is 19.9 Å². The average molecular weight is 398 g/mol. The Morgan fingerprint density at radius 2 is 2.04 bits per heavy atom. The highest BCUT2D eigenvalue weighted by atomic mass is 31.2. The highest BCUT2D eigenvalue weighted by molar-refractivity contribution is 7.53. The lowest BCUT2D eigenvalue weighted by Gasteiger charge is -2.20. The highest BCUT2D eigenvalue weighted by Gasteiger charge is 2.28. The van der Waals surface area contributed by atoms with Crippen molar-refractivity contribution in [1.82, 2.24) is 14.5 Å². The Bertz CT molecular complexity index is 767. The molecule has 0 saturated heterocycles. The van der Waals surface area contributed by atoms with Crippen molar-refractivity contribution in [3.05, 3.63) is 34.9 Å².